The van der Waals surface area contributed by atoms with Gasteiger partial charge in [0.1, 0.15) is 0 Å². The van der Waals surface area contributed by atoms with Crippen LogP contribution in [0.1, 0.15) is 29.5 Å². The van der Waals surface area contributed by atoms with Gasteiger partial charge in [0.2, 0.25) is 0 Å². The molecule has 13 rings (SSSR count). The van der Waals surface area contributed by atoms with Crippen molar-refractivity contribution in [3.05, 3.63) is 253 Å². The highest BCUT2D eigenvalue weighted by molar-refractivity contribution is 6.23. The monoisotopic (exact) mass is 838 g/mol. The molecule has 0 radical (unpaired) electrons. The van der Waals surface area contributed by atoms with Crippen LogP contribution in [0.2, 0.25) is 0 Å². The molecule has 3 aliphatic carbocycles. The summed E-state index contributed by atoms with van der Waals surface area (Å²) in [4.78, 5) is 0. The van der Waals surface area contributed by atoms with E-state index in [9.17, 15) is 0 Å². The highest BCUT2D eigenvalue weighted by Gasteiger charge is 2.21. The zero-order valence-electron chi connectivity index (χ0n) is 36.7. The molecule has 1 atom stereocenters. The Morgan fingerprint density at radius 1 is 0.379 bits per heavy atom. The van der Waals surface area contributed by atoms with E-state index in [1.807, 2.05) is 0 Å². The summed E-state index contributed by atoms with van der Waals surface area (Å²) in [6.07, 6.45) is 21.5. The fourth-order valence-corrected chi connectivity index (χ4v) is 10.9. The van der Waals surface area contributed by atoms with Gasteiger partial charge in [-0.25, -0.2) is 0 Å². The molecule has 0 saturated heterocycles. The Balaban J connectivity index is 1.04. The van der Waals surface area contributed by atoms with Crippen LogP contribution in [0.25, 0.3) is 110 Å². The van der Waals surface area contributed by atoms with E-state index in [1.54, 1.807) is 0 Å². The Kier molecular flexibility index (Phi) is 9.24. The lowest BCUT2D eigenvalue weighted by Gasteiger charge is -2.22. The van der Waals surface area contributed by atoms with Crippen LogP contribution < -0.4 is 0 Å². The molecule has 0 bridgehead atoms. The topological polar surface area (TPSA) is 0 Å². The van der Waals surface area contributed by atoms with Crippen molar-refractivity contribution in [2.24, 2.45) is 5.92 Å². The van der Waals surface area contributed by atoms with Crippen LogP contribution in [0.15, 0.2) is 236 Å². The number of fused-ring (bicyclic) bond motifs is 6. The lowest BCUT2D eigenvalue weighted by atomic mass is 9.82. The van der Waals surface area contributed by atoms with E-state index in [0.717, 1.165) is 19.3 Å². The third-order valence-corrected chi connectivity index (χ3v) is 14.4. The minimum absolute atomic E-state index is 0.473. The van der Waals surface area contributed by atoms with Gasteiger partial charge in [0, 0.05) is 5.92 Å². The van der Waals surface area contributed by atoms with Gasteiger partial charge in [0.15, 0.2) is 0 Å². The summed E-state index contributed by atoms with van der Waals surface area (Å²) in [6.45, 7) is 0. The Hall–Kier alpha value is -8.06. The quantitative estimate of drug-likeness (QED) is 0.146. The van der Waals surface area contributed by atoms with Crippen LogP contribution in [0, 0.1) is 5.92 Å². The largest absolute Gasteiger partial charge is 0.0836 e. The Morgan fingerprint density at radius 3 is 1.58 bits per heavy atom. The number of rotatable bonds is 6. The summed E-state index contributed by atoms with van der Waals surface area (Å²) in [7, 11) is 0. The van der Waals surface area contributed by atoms with E-state index in [1.165, 1.54) is 127 Å². The van der Waals surface area contributed by atoms with Gasteiger partial charge in [-0.1, -0.05) is 200 Å². The van der Waals surface area contributed by atoms with Crippen LogP contribution in [-0.2, 0) is 6.42 Å². The fraction of sp³-hybridized carbons (Fsp3) is 0.0606. The molecule has 1 unspecified atom stereocenters. The highest BCUT2D eigenvalue weighted by atomic mass is 14.2. The van der Waals surface area contributed by atoms with E-state index in [0.29, 0.717) is 5.92 Å². The molecule has 0 heteroatoms. The third kappa shape index (κ3) is 6.77. The zero-order valence-corrected chi connectivity index (χ0v) is 36.7. The average molecular weight is 839 g/mol. The third-order valence-electron chi connectivity index (χ3n) is 14.4. The Bertz CT molecular complexity index is 3790. The summed E-state index contributed by atoms with van der Waals surface area (Å²) in [5.74, 6) is 0.473. The van der Waals surface area contributed by atoms with Crippen LogP contribution in [0.5, 0.6) is 0 Å². The van der Waals surface area contributed by atoms with Gasteiger partial charge in [0.25, 0.3) is 0 Å². The minimum Gasteiger partial charge on any atom is -0.0836 e. The van der Waals surface area contributed by atoms with Crippen LogP contribution in [0.4, 0.5) is 0 Å². The van der Waals surface area contributed by atoms with Crippen LogP contribution in [0.3, 0.4) is 0 Å². The van der Waals surface area contributed by atoms with Gasteiger partial charge in [-0.3, -0.25) is 0 Å². The van der Waals surface area contributed by atoms with Gasteiger partial charge in [0.05, 0.1) is 0 Å². The second-order valence-electron chi connectivity index (χ2n) is 18.3. The van der Waals surface area contributed by atoms with E-state index >= 15 is 0 Å². The van der Waals surface area contributed by atoms with Gasteiger partial charge >= 0.3 is 0 Å². The number of aryl methyl sites for hydroxylation is 1. The van der Waals surface area contributed by atoms with Gasteiger partial charge in [-0.2, -0.15) is 0 Å². The molecule has 66 heavy (non-hydrogen) atoms. The molecule has 0 nitrogen and oxygen atoms in total. The predicted molar refractivity (Wildman–Crippen MR) is 283 cm³/mol. The van der Waals surface area contributed by atoms with E-state index < -0.39 is 0 Å². The highest BCUT2D eigenvalue weighted by Crippen LogP contribution is 2.47. The smallest absolute Gasteiger partial charge is 0.00561 e. The maximum atomic E-state index is 2.47. The van der Waals surface area contributed by atoms with Crippen molar-refractivity contribution < 1.29 is 0 Å². The van der Waals surface area contributed by atoms with Crippen molar-refractivity contribution in [2.75, 3.05) is 0 Å². The first-order chi connectivity index (χ1) is 32.7. The van der Waals surface area contributed by atoms with Gasteiger partial charge in [-0.15, -0.1) is 0 Å². The van der Waals surface area contributed by atoms with E-state index in [4.69, 9.17) is 0 Å². The molecule has 310 valence electrons. The van der Waals surface area contributed by atoms with Crippen molar-refractivity contribution in [2.45, 2.75) is 19.3 Å². The maximum absolute atomic E-state index is 2.47. The van der Waals surface area contributed by atoms with Crippen molar-refractivity contribution >= 4 is 54.7 Å². The molecule has 3 aliphatic rings. The summed E-state index contributed by atoms with van der Waals surface area (Å²) in [6, 6.07) is 71.2. The molecule has 10 aromatic rings. The number of benzene rings is 10. The Labute approximate surface area is 386 Å². The molecule has 0 saturated carbocycles. The molecule has 0 heterocycles. The minimum atomic E-state index is 0.473. The molecular formula is C66H46. The lowest BCUT2D eigenvalue weighted by molar-refractivity contribution is 0.783. The van der Waals surface area contributed by atoms with Gasteiger partial charge in [-0.05, 0) is 182 Å². The number of allylic oxidation sites excluding steroid dienone is 9. The van der Waals surface area contributed by atoms with Crippen molar-refractivity contribution in [1.29, 1.82) is 0 Å². The zero-order chi connectivity index (χ0) is 43.6. The predicted octanol–water partition coefficient (Wildman–Crippen LogP) is 18.0. The molecule has 0 aromatic heterocycles. The average Bonchev–Trinajstić information content (AvgIpc) is 3.39. The lowest BCUT2D eigenvalue weighted by Crippen LogP contribution is -2.05. The summed E-state index contributed by atoms with van der Waals surface area (Å²) in [5.41, 5.74) is 19.1. The van der Waals surface area contributed by atoms with Crippen molar-refractivity contribution in [3.63, 3.8) is 0 Å². The fourth-order valence-electron chi connectivity index (χ4n) is 10.9. The normalized spacial score (nSPS) is 15.2. The summed E-state index contributed by atoms with van der Waals surface area (Å²) < 4.78 is 0. The molecule has 0 fully saturated rings. The first-order valence-electron chi connectivity index (χ1n) is 23.5. The standard InChI is InChI=1S/C66H46/c1-5-15-47-35-55(27-23-43(47)11-1)51-19-9-21-53(37-51)57-31-33-61-63(41-57)65(59-29-25-45-13-3-7-17-49(45)39-59)62-34-32-58(42-64(62)66(61)60-30-26-46-14-4-8-18-50(46)40-60)54-22-10-20-52(38-54)56-28-24-44-12-2-6-16-48(44)36-56/h1-5,7-15,17-22,24-43H,6,16,23H2. The van der Waals surface area contributed by atoms with Crippen molar-refractivity contribution in [1.82, 2.24) is 0 Å². The van der Waals surface area contributed by atoms with E-state index in [-0.39, 0.29) is 0 Å². The molecule has 0 spiro atoms. The molecular weight excluding hydrogens is 793 g/mol. The molecule has 10 aromatic carbocycles. The molecule has 0 N–H and O–H groups in total. The number of hydrogen-bond acceptors (Lipinski definition) is 0. The Morgan fingerprint density at radius 2 is 0.924 bits per heavy atom. The summed E-state index contributed by atoms with van der Waals surface area (Å²) in [5, 5.41) is 9.97. The maximum Gasteiger partial charge on any atom is 0.00561 e. The molecule has 0 aliphatic heterocycles. The first kappa shape index (κ1) is 38.4. The van der Waals surface area contributed by atoms with E-state index in [2.05, 4.69) is 237 Å². The van der Waals surface area contributed by atoms with Crippen molar-refractivity contribution in [3.8, 4) is 55.6 Å². The number of hydrogen-bond donors (Lipinski definition) is 0. The SMILES string of the molecule is C1=CC2=CC(c3cccc(-c4ccc5c(-c6ccc7ccccc7c6)c6cc(-c7cccc(-c8ccc9c(c8)CCC=C9)c7)ccc6c(-c6ccc7ccccc7c6)c5c4)c3)=CCC2C=C1. The second kappa shape index (κ2) is 15.9. The first-order valence-corrected chi connectivity index (χ1v) is 23.5. The molecule has 0 amide bonds. The van der Waals surface area contributed by atoms with Gasteiger partial charge < -0.3 is 0 Å². The van der Waals surface area contributed by atoms with Crippen LogP contribution >= 0.6 is 0 Å². The second-order valence-corrected chi connectivity index (χ2v) is 18.3. The van der Waals surface area contributed by atoms with Crippen LogP contribution in [-0.4, -0.2) is 0 Å². The summed E-state index contributed by atoms with van der Waals surface area (Å²) >= 11 is 0.